The molecule has 1 aliphatic heterocycles. The number of pyridine rings is 1. The largest absolute Gasteiger partial charge is 0.506 e. The number of phenols is 1. The SMILES string of the molecule is Cc1cc2cc(C)c(C#N)c(O)c2c(N2CCC(c3ccccc3)CC2)n1. The minimum atomic E-state index is 0.0557. The number of piperidine rings is 1. The number of rotatable bonds is 2. The number of hydrogen-bond donors (Lipinski definition) is 1. The van der Waals surface area contributed by atoms with Crippen molar-refractivity contribution in [3.63, 3.8) is 0 Å². The second-order valence-electron chi connectivity index (χ2n) is 7.39. The molecule has 0 aliphatic carbocycles. The topological polar surface area (TPSA) is 60.1 Å². The van der Waals surface area contributed by atoms with Crippen molar-refractivity contribution in [2.45, 2.75) is 32.6 Å². The Morgan fingerprint density at radius 1 is 1.11 bits per heavy atom. The number of fused-ring (bicyclic) bond motifs is 1. The summed E-state index contributed by atoms with van der Waals surface area (Å²) in [5, 5.41) is 21.8. The zero-order valence-electron chi connectivity index (χ0n) is 15.7. The van der Waals surface area contributed by atoms with Gasteiger partial charge in [0, 0.05) is 18.8 Å². The van der Waals surface area contributed by atoms with Crippen LogP contribution in [0.2, 0.25) is 0 Å². The van der Waals surface area contributed by atoms with Crippen LogP contribution in [-0.2, 0) is 0 Å². The summed E-state index contributed by atoms with van der Waals surface area (Å²) >= 11 is 0. The Balaban J connectivity index is 1.71. The Labute approximate surface area is 159 Å². The molecule has 4 rings (SSSR count). The molecule has 27 heavy (non-hydrogen) atoms. The molecule has 0 radical (unpaired) electrons. The summed E-state index contributed by atoms with van der Waals surface area (Å²) < 4.78 is 0. The molecule has 1 aromatic heterocycles. The highest BCUT2D eigenvalue weighted by Gasteiger charge is 2.25. The summed E-state index contributed by atoms with van der Waals surface area (Å²) in [6.07, 6.45) is 2.11. The number of hydrogen-bond acceptors (Lipinski definition) is 4. The van der Waals surface area contributed by atoms with Crippen LogP contribution in [0.3, 0.4) is 0 Å². The van der Waals surface area contributed by atoms with E-state index in [4.69, 9.17) is 4.98 Å². The first-order chi connectivity index (χ1) is 13.1. The summed E-state index contributed by atoms with van der Waals surface area (Å²) in [5.74, 6) is 1.41. The third-order valence-electron chi connectivity index (χ3n) is 5.58. The average Bonchev–Trinajstić information content (AvgIpc) is 2.68. The number of nitrogens with zero attached hydrogens (tertiary/aromatic N) is 3. The first kappa shape index (κ1) is 17.4. The predicted octanol–water partition coefficient (Wildman–Crippen LogP) is 4.81. The van der Waals surface area contributed by atoms with Gasteiger partial charge in [-0.2, -0.15) is 5.26 Å². The molecular weight excluding hydrogens is 334 g/mol. The molecule has 0 saturated carbocycles. The number of anilines is 1. The van der Waals surface area contributed by atoms with Crippen LogP contribution in [0.5, 0.6) is 5.75 Å². The van der Waals surface area contributed by atoms with Gasteiger partial charge in [0.2, 0.25) is 0 Å². The van der Waals surface area contributed by atoms with Crippen molar-refractivity contribution in [3.8, 4) is 11.8 Å². The molecule has 1 fully saturated rings. The van der Waals surface area contributed by atoms with Gasteiger partial charge in [0.05, 0.1) is 10.9 Å². The van der Waals surface area contributed by atoms with Crippen molar-refractivity contribution in [3.05, 3.63) is 64.8 Å². The van der Waals surface area contributed by atoms with Gasteiger partial charge in [0.15, 0.2) is 0 Å². The standard InChI is InChI=1S/C23H23N3O/c1-15-12-19-13-16(2)25-23(21(19)22(27)20(15)14-24)26-10-8-18(9-11-26)17-6-4-3-5-7-17/h3-7,12-13,18,27H,8-11H2,1-2H3. The van der Waals surface area contributed by atoms with E-state index in [9.17, 15) is 10.4 Å². The van der Waals surface area contributed by atoms with Crippen LogP contribution in [-0.4, -0.2) is 23.2 Å². The van der Waals surface area contributed by atoms with Crippen LogP contribution < -0.4 is 4.90 Å². The summed E-state index contributed by atoms with van der Waals surface area (Å²) in [7, 11) is 0. The maximum atomic E-state index is 10.8. The average molecular weight is 357 g/mol. The highest BCUT2D eigenvalue weighted by molar-refractivity contribution is 5.99. The second kappa shape index (κ2) is 6.92. The minimum Gasteiger partial charge on any atom is -0.506 e. The van der Waals surface area contributed by atoms with Crippen molar-refractivity contribution >= 4 is 16.6 Å². The molecule has 0 unspecified atom stereocenters. The van der Waals surface area contributed by atoms with Gasteiger partial charge in [-0.25, -0.2) is 4.98 Å². The fraction of sp³-hybridized carbons (Fsp3) is 0.304. The lowest BCUT2D eigenvalue weighted by molar-refractivity contribution is 0.477. The molecule has 4 nitrogen and oxygen atoms in total. The van der Waals surface area contributed by atoms with Gasteiger partial charge in [-0.05, 0) is 61.3 Å². The maximum Gasteiger partial charge on any atom is 0.145 e. The Morgan fingerprint density at radius 2 is 1.81 bits per heavy atom. The first-order valence-corrected chi connectivity index (χ1v) is 9.42. The van der Waals surface area contributed by atoms with Gasteiger partial charge in [-0.3, -0.25) is 0 Å². The first-order valence-electron chi connectivity index (χ1n) is 9.42. The molecular formula is C23H23N3O. The lowest BCUT2D eigenvalue weighted by Gasteiger charge is -2.34. The summed E-state index contributed by atoms with van der Waals surface area (Å²) in [4.78, 5) is 7.00. The lowest BCUT2D eigenvalue weighted by Crippen LogP contribution is -2.33. The molecule has 0 atom stereocenters. The molecule has 1 aliphatic rings. The van der Waals surface area contributed by atoms with Gasteiger partial charge in [-0.15, -0.1) is 0 Å². The fourth-order valence-corrected chi connectivity index (χ4v) is 4.17. The monoisotopic (exact) mass is 357 g/mol. The molecule has 1 N–H and O–H groups in total. The number of aryl methyl sites for hydroxylation is 2. The quantitative estimate of drug-likeness (QED) is 0.715. The smallest absolute Gasteiger partial charge is 0.145 e. The maximum absolute atomic E-state index is 10.8. The predicted molar refractivity (Wildman–Crippen MR) is 108 cm³/mol. The van der Waals surface area contributed by atoms with Crippen molar-refractivity contribution in [2.24, 2.45) is 0 Å². The van der Waals surface area contributed by atoms with Gasteiger partial charge in [0.25, 0.3) is 0 Å². The van der Waals surface area contributed by atoms with Gasteiger partial charge in [-0.1, -0.05) is 30.3 Å². The van der Waals surface area contributed by atoms with Crippen LogP contribution in [0, 0.1) is 25.2 Å². The second-order valence-corrected chi connectivity index (χ2v) is 7.39. The van der Waals surface area contributed by atoms with Gasteiger partial charge >= 0.3 is 0 Å². The normalized spacial score (nSPS) is 15.1. The van der Waals surface area contributed by atoms with Crippen molar-refractivity contribution in [1.29, 1.82) is 5.26 Å². The van der Waals surface area contributed by atoms with E-state index in [1.807, 2.05) is 26.0 Å². The lowest BCUT2D eigenvalue weighted by atomic mass is 9.89. The van der Waals surface area contributed by atoms with Crippen molar-refractivity contribution < 1.29 is 5.11 Å². The van der Waals surface area contributed by atoms with Crippen LogP contribution in [0.1, 0.15) is 41.1 Å². The molecule has 0 bridgehead atoms. The number of nitriles is 1. The Bertz CT molecular complexity index is 1030. The Hall–Kier alpha value is -3.06. The molecule has 1 saturated heterocycles. The molecule has 3 aromatic rings. The fourth-order valence-electron chi connectivity index (χ4n) is 4.17. The van der Waals surface area contributed by atoms with E-state index in [-0.39, 0.29) is 5.75 Å². The third kappa shape index (κ3) is 3.10. The van der Waals surface area contributed by atoms with Crippen molar-refractivity contribution in [1.82, 2.24) is 4.98 Å². The molecule has 2 aromatic carbocycles. The number of benzene rings is 2. The van der Waals surface area contributed by atoms with E-state index in [1.165, 1.54) is 5.56 Å². The summed E-state index contributed by atoms with van der Waals surface area (Å²) in [6, 6.07) is 16.7. The van der Waals surface area contributed by atoms with Crippen LogP contribution >= 0.6 is 0 Å². The zero-order valence-corrected chi connectivity index (χ0v) is 15.7. The number of aromatic nitrogens is 1. The zero-order chi connectivity index (χ0) is 19.0. The molecule has 0 amide bonds. The minimum absolute atomic E-state index is 0.0557. The Morgan fingerprint density at radius 3 is 2.48 bits per heavy atom. The van der Waals surface area contributed by atoms with Crippen LogP contribution in [0.4, 0.5) is 5.82 Å². The van der Waals surface area contributed by atoms with Crippen LogP contribution in [0.25, 0.3) is 10.8 Å². The molecule has 4 heteroatoms. The van der Waals surface area contributed by atoms with E-state index in [1.54, 1.807) is 0 Å². The molecule has 2 heterocycles. The Kier molecular flexibility index (Phi) is 4.45. The summed E-state index contributed by atoms with van der Waals surface area (Å²) in [6.45, 7) is 5.61. The van der Waals surface area contributed by atoms with E-state index in [0.29, 0.717) is 16.9 Å². The van der Waals surface area contributed by atoms with Crippen LogP contribution in [0.15, 0.2) is 42.5 Å². The third-order valence-corrected chi connectivity index (χ3v) is 5.58. The van der Waals surface area contributed by atoms with Crippen molar-refractivity contribution in [2.75, 3.05) is 18.0 Å². The highest BCUT2D eigenvalue weighted by Crippen LogP contribution is 2.39. The highest BCUT2D eigenvalue weighted by atomic mass is 16.3. The van der Waals surface area contributed by atoms with E-state index < -0.39 is 0 Å². The molecule has 0 spiro atoms. The number of aromatic hydroxyl groups is 1. The van der Waals surface area contributed by atoms with Gasteiger partial charge in [0.1, 0.15) is 17.6 Å². The van der Waals surface area contributed by atoms with E-state index in [0.717, 1.165) is 48.4 Å². The van der Waals surface area contributed by atoms with E-state index in [2.05, 4.69) is 41.3 Å². The van der Waals surface area contributed by atoms with Gasteiger partial charge < -0.3 is 10.0 Å². The van der Waals surface area contributed by atoms with E-state index >= 15 is 0 Å². The molecule has 136 valence electrons. The number of phenolic OH excluding ortho intramolecular Hbond substituents is 1. The summed E-state index contributed by atoms with van der Waals surface area (Å²) in [5.41, 5.74) is 3.45.